The normalized spacial score (nSPS) is 22.1. The Bertz CT molecular complexity index is 562. The van der Waals surface area contributed by atoms with Gasteiger partial charge in [-0.1, -0.05) is 15.9 Å². The van der Waals surface area contributed by atoms with Crippen molar-refractivity contribution >= 4 is 33.4 Å². The molecule has 0 aliphatic carbocycles. The van der Waals surface area contributed by atoms with Crippen molar-refractivity contribution in [2.24, 2.45) is 11.8 Å². The molecule has 1 atom stereocenters. The number of rotatable bonds is 3. The van der Waals surface area contributed by atoms with Crippen molar-refractivity contribution in [3.05, 3.63) is 28.7 Å². The van der Waals surface area contributed by atoms with Crippen molar-refractivity contribution in [2.75, 3.05) is 31.5 Å². The van der Waals surface area contributed by atoms with Gasteiger partial charge in [-0.15, -0.1) is 0 Å². The van der Waals surface area contributed by atoms with Crippen LogP contribution >= 0.6 is 15.9 Å². The Morgan fingerprint density at radius 1 is 1.09 bits per heavy atom. The highest BCUT2D eigenvalue weighted by atomic mass is 79.9. The molecule has 0 aromatic heterocycles. The van der Waals surface area contributed by atoms with Gasteiger partial charge in [0.2, 0.25) is 11.8 Å². The summed E-state index contributed by atoms with van der Waals surface area (Å²) in [5.41, 5.74) is 0.814. The summed E-state index contributed by atoms with van der Waals surface area (Å²) in [5.74, 6) is 0.427. The van der Waals surface area contributed by atoms with Crippen molar-refractivity contribution in [3.8, 4) is 0 Å². The number of likely N-dealkylation sites (tertiary alicyclic amines) is 1. The number of carbonyl (C=O) groups excluding carboxylic acids is 2. The lowest BCUT2D eigenvalue weighted by Gasteiger charge is -2.32. The summed E-state index contributed by atoms with van der Waals surface area (Å²) in [7, 11) is 0. The van der Waals surface area contributed by atoms with E-state index in [1.807, 2.05) is 29.2 Å². The third-order valence-corrected chi connectivity index (χ3v) is 5.23. The lowest BCUT2D eigenvalue weighted by Crippen LogP contribution is -2.44. The maximum absolute atomic E-state index is 12.4. The lowest BCUT2D eigenvalue weighted by molar-refractivity contribution is -0.137. The maximum atomic E-state index is 12.4. The second-order valence-corrected chi connectivity index (χ2v) is 7.20. The molecule has 0 saturated carbocycles. The summed E-state index contributed by atoms with van der Waals surface area (Å²) in [6.45, 7) is 3.10. The topological polar surface area (TPSA) is 61.4 Å². The van der Waals surface area contributed by atoms with E-state index >= 15 is 0 Å². The van der Waals surface area contributed by atoms with Crippen LogP contribution in [0.4, 0.5) is 5.69 Å². The summed E-state index contributed by atoms with van der Waals surface area (Å²) in [6.07, 6.45) is 2.42. The molecule has 2 N–H and O–H groups in total. The van der Waals surface area contributed by atoms with Crippen molar-refractivity contribution < 1.29 is 9.59 Å². The third-order valence-electron chi connectivity index (χ3n) is 4.70. The van der Waals surface area contributed by atoms with E-state index in [1.165, 1.54) is 0 Å². The molecular formula is C17H22BrN3O2. The van der Waals surface area contributed by atoms with Crippen LogP contribution in [0.25, 0.3) is 0 Å². The Hall–Kier alpha value is -1.40. The standard InChI is InChI=1S/C17H22BrN3O2/c18-14-1-3-15(4-2-14)20-16(22)12-6-9-21(10-7-12)17(23)13-5-8-19-11-13/h1-4,12-13,19H,5-11H2,(H,20,22). The van der Waals surface area contributed by atoms with Crippen LogP contribution in [0.15, 0.2) is 28.7 Å². The molecule has 2 heterocycles. The molecule has 6 heteroatoms. The second-order valence-electron chi connectivity index (χ2n) is 6.29. The minimum atomic E-state index is -0.00981. The Kier molecular flexibility index (Phi) is 5.33. The van der Waals surface area contributed by atoms with Gasteiger partial charge in [-0.2, -0.15) is 0 Å². The quantitative estimate of drug-likeness (QED) is 0.846. The van der Waals surface area contributed by atoms with Crippen molar-refractivity contribution in [2.45, 2.75) is 19.3 Å². The van der Waals surface area contributed by atoms with Gasteiger partial charge in [-0.25, -0.2) is 0 Å². The number of piperidine rings is 1. The zero-order valence-corrected chi connectivity index (χ0v) is 14.6. The smallest absolute Gasteiger partial charge is 0.227 e. The van der Waals surface area contributed by atoms with Crippen molar-refractivity contribution in [3.63, 3.8) is 0 Å². The molecule has 0 radical (unpaired) electrons. The zero-order chi connectivity index (χ0) is 16.2. The van der Waals surface area contributed by atoms with E-state index in [-0.39, 0.29) is 23.7 Å². The predicted molar refractivity (Wildman–Crippen MR) is 93.1 cm³/mol. The molecule has 23 heavy (non-hydrogen) atoms. The number of amides is 2. The van der Waals surface area contributed by atoms with E-state index < -0.39 is 0 Å². The molecule has 0 bridgehead atoms. The van der Waals surface area contributed by atoms with Crippen LogP contribution in [-0.2, 0) is 9.59 Å². The molecule has 1 aromatic carbocycles. The number of hydrogen-bond donors (Lipinski definition) is 2. The monoisotopic (exact) mass is 379 g/mol. The number of nitrogens with zero attached hydrogens (tertiary/aromatic N) is 1. The van der Waals surface area contributed by atoms with E-state index in [4.69, 9.17) is 0 Å². The first-order chi connectivity index (χ1) is 11.1. The Morgan fingerprint density at radius 2 is 1.78 bits per heavy atom. The minimum absolute atomic E-state index is 0.00981. The van der Waals surface area contributed by atoms with Crippen LogP contribution in [0.3, 0.4) is 0 Å². The van der Waals surface area contributed by atoms with Crippen LogP contribution < -0.4 is 10.6 Å². The van der Waals surface area contributed by atoms with Gasteiger partial charge in [0.25, 0.3) is 0 Å². The van der Waals surface area contributed by atoms with E-state index in [2.05, 4.69) is 26.6 Å². The average Bonchev–Trinajstić information content (AvgIpc) is 3.11. The predicted octanol–water partition coefficient (Wildman–Crippen LogP) is 2.24. The fraction of sp³-hybridized carbons (Fsp3) is 0.529. The maximum Gasteiger partial charge on any atom is 0.227 e. The fourth-order valence-corrected chi connectivity index (χ4v) is 3.53. The van der Waals surface area contributed by atoms with Gasteiger partial charge < -0.3 is 15.5 Å². The second kappa shape index (κ2) is 7.45. The van der Waals surface area contributed by atoms with E-state index in [1.54, 1.807) is 0 Å². The molecule has 2 saturated heterocycles. The van der Waals surface area contributed by atoms with E-state index in [0.29, 0.717) is 13.1 Å². The van der Waals surface area contributed by atoms with Gasteiger partial charge in [0.05, 0.1) is 5.92 Å². The molecular weight excluding hydrogens is 358 g/mol. The third kappa shape index (κ3) is 4.12. The van der Waals surface area contributed by atoms with E-state index in [0.717, 1.165) is 42.5 Å². The van der Waals surface area contributed by atoms with E-state index in [9.17, 15) is 9.59 Å². The lowest BCUT2D eigenvalue weighted by atomic mass is 9.94. The molecule has 124 valence electrons. The van der Waals surface area contributed by atoms with Crippen LogP contribution in [0.1, 0.15) is 19.3 Å². The Balaban J connectivity index is 1.49. The number of hydrogen-bond acceptors (Lipinski definition) is 3. The fourth-order valence-electron chi connectivity index (χ4n) is 3.26. The van der Waals surface area contributed by atoms with Gasteiger partial charge in [-0.3, -0.25) is 9.59 Å². The van der Waals surface area contributed by atoms with Gasteiger partial charge in [0.1, 0.15) is 0 Å². The highest BCUT2D eigenvalue weighted by Gasteiger charge is 2.31. The van der Waals surface area contributed by atoms with Crippen LogP contribution in [0, 0.1) is 11.8 Å². The number of nitrogens with one attached hydrogen (secondary N) is 2. The average molecular weight is 380 g/mol. The Morgan fingerprint density at radius 3 is 2.39 bits per heavy atom. The van der Waals surface area contributed by atoms with Crippen LogP contribution in [-0.4, -0.2) is 42.9 Å². The number of anilines is 1. The summed E-state index contributed by atoms with van der Waals surface area (Å²) in [4.78, 5) is 26.7. The number of carbonyl (C=O) groups is 2. The molecule has 2 fully saturated rings. The summed E-state index contributed by atoms with van der Waals surface area (Å²) >= 11 is 3.38. The first-order valence-corrected chi connectivity index (χ1v) is 8.99. The zero-order valence-electron chi connectivity index (χ0n) is 13.1. The molecule has 0 spiro atoms. The van der Waals surface area contributed by atoms with Gasteiger partial charge in [0.15, 0.2) is 0 Å². The first-order valence-electron chi connectivity index (χ1n) is 8.19. The molecule has 3 rings (SSSR count). The molecule has 2 amide bonds. The molecule has 1 unspecified atom stereocenters. The van der Waals surface area contributed by atoms with Gasteiger partial charge in [-0.05, 0) is 50.1 Å². The summed E-state index contributed by atoms with van der Waals surface area (Å²) in [5, 5.41) is 6.20. The molecule has 2 aliphatic rings. The summed E-state index contributed by atoms with van der Waals surface area (Å²) in [6, 6.07) is 7.58. The molecule has 1 aromatic rings. The van der Waals surface area contributed by atoms with Crippen LogP contribution in [0.5, 0.6) is 0 Å². The number of halogens is 1. The largest absolute Gasteiger partial charge is 0.342 e. The SMILES string of the molecule is O=C(Nc1ccc(Br)cc1)C1CCN(C(=O)C2CCNC2)CC1. The van der Waals surface area contributed by atoms with Crippen molar-refractivity contribution in [1.29, 1.82) is 0 Å². The van der Waals surface area contributed by atoms with Gasteiger partial charge >= 0.3 is 0 Å². The van der Waals surface area contributed by atoms with Gasteiger partial charge in [0, 0.05) is 35.7 Å². The highest BCUT2D eigenvalue weighted by Crippen LogP contribution is 2.22. The molecule has 5 nitrogen and oxygen atoms in total. The van der Waals surface area contributed by atoms with Crippen LogP contribution in [0.2, 0.25) is 0 Å². The minimum Gasteiger partial charge on any atom is -0.342 e. The van der Waals surface area contributed by atoms with Crippen molar-refractivity contribution in [1.82, 2.24) is 10.2 Å². The first kappa shape index (κ1) is 16.5. The summed E-state index contributed by atoms with van der Waals surface area (Å²) < 4.78 is 0.990. The Labute approximate surface area is 144 Å². The highest BCUT2D eigenvalue weighted by molar-refractivity contribution is 9.10. The molecule has 2 aliphatic heterocycles. The number of benzene rings is 1.